The predicted octanol–water partition coefficient (Wildman–Crippen LogP) is 1.62. The molecule has 0 spiro atoms. The van der Waals surface area contributed by atoms with Crippen molar-refractivity contribution in [3.63, 3.8) is 0 Å². The highest BCUT2D eigenvalue weighted by atomic mass is 32.1. The zero-order valence-electron chi connectivity index (χ0n) is 8.29. The first-order valence-electron chi connectivity index (χ1n) is 4.84. The lowest BCUT2D eigenvalue weighted by molar-refractivity contribution is 0.878. The Labute approximate surface area is 88.0 Å². The molecular weight excluding hydrogens is 194 g/mol. The van der Waals surface area contributed by atoms with Crippen molar-refractivity contribution in [2.24, 2.45) is 10.7 Å². The summed E-state index contributed by atoms with van der Waals surface area (Å²) in [6.45, 7) is 2.80. The van der Waals surface area contributed by atoms with E-state index in [0.29, 0.717) is 18.5 Å². The summed E-state index contributed by atoms with van der Waals surface area (Å²) in [6.07, 6.45) is 2.46. The Morgan fingerprint density at radius 3 is 3.00 bits per heavy atom. The maximum Gasteiger partial charge on any atom is 0.189 e. The average Bonchev–Trinajstić information content (AvgIpc) is 2.86. The zero-order valence-corrected chi connectivity index (χ0v) is 9.10. The minimum atomic E-state index is 0.582. The summed E-state index contributed by atoms with van der Waals surface area (Å²) in [5.41, 5.74) is 8.30. The molecule has 1 aromatic heterocycles. The lowest BCUT2D eigenvalue weighted by atomic mass is 10.2. The standard InChI is InChI=1S/C10H15N3S/c1-7-5-14-6-8(7)4-12-10(11)13-9-2-3-9/h5-6,9H,2-4H2,1H3,(H3,11,12,13). The van der Waals surface area contributed by atoms with E-state index in [1.165, 1.54) is 24.0 Å². The molecule has 14 heavy (non-hydrogen) atoms. The van der Waals surface area contributed by atoms with Crippen LogP contribution in [0.1, 0.15) is 24.0 Å². The van der Waals surface area contributed by atoms with Crippen LogP contribution in [0.3, 0.4) is 0 Å². The van der Waals surface area contributed by atoms with Crippen molar-refractivity contribution in [3.8, 4) is 0 Å². The SMILES string of the molecule is Cc1cscc1CN=C(N)NC1CC1. The molecule has 76 valence electrons. The van der Waals surface area contributed by atoms with Gasteiger partial charge in [0.1, 0.15) is 0 Å². The second kappa shape index (κ2) is 4.00. The van der Waals surface area contributed by atoms with E-state index in [0.717, 1.165) is 0 Å². The summed E-state index contributed by atoms with van der Waals surface area (Å²) in [5, 5.41) is 7.43. The van der Waals surface area contributed by atoms with Crippen molar-refractivity contribution in [3.05, 3.63) is 21.9 Å². The number of nitrogens with two attached hydrogens (primary N) is 1. The van der Waals surface area contributed by atoms with E-state index in [-0.39, 0.29) is 0 Å². The van der Waals surface area contributed by atoms with Gasteiger partial charge >= 0.3 is 0 Å². The Morgan fingerprint density at radius 1 is 1.64 bits per heavy atom. The summed E-state index contributed by atoms with van der Waals surface area (Å²) in [7, 11) is 0. The number of hydrogen-bond donors (Lipinski definition) is 2. The van der Waals surface area contributed by atoms with Crippen molar-refractivity contribution in [2.75, 3.05) is 0 Å². The molecule has 1 aliphatic rings. The molecule has 0 atom stereocenters. The Morgan fingerprint density at radius 2 is 2.43 bits per heavy atom. The zero-order chi connectivity index (χ0) is 9.97. The molecule has 3 N–H and O–H groups in total. The van der Waals surface area contributed by atoms with Gasteiger partial charge in [0.25, 0.3) is 0 Å². The summed E-state index contributed by atoms with van der Waals surface area (Å²) in [4.78, 5) is 4.30. The van der Waals surface area contributed by atoms with Gasteiger partial charge in [0.2, 0.25) is 0 Å². The highest BCUT2D eigenvalue weighted by molar-refractivity contribution is 7.08. The molecule has 1 heterocycles. The quantitative estimate of drug-likeness (QED) is 0.587. The van der Waals surface area contributed by atoms with E-state index < -0.39 is 0 Å². The largest absolute Gasteiger partial charge is 0.370 e. The second-order valence-electron chi connectivity index (χ2n) is 3.70. The summed E-state index contributed by atoms with van der Waals surface area (Å²) in [5.74, 6) is 0.582. The Bertz CT molecular complexity index is 339. The molecule has 1 aromatic rings. The molecule has 1 saturated carbocycles. The highest BCUT2D eigenvalue weighted by Crippen LogP contribution is 2.18. The van der Waals surface area contributed by atoms with Crippen LogP contribution in [0.5, 0.6) is 0 Å². The van der Waals surface area contributed by atoms with Gasteiger partial charge in [-0.3, -0.25) is 0 Å². The Balaban J connectivity index is 1.88. The third-order valence-electron chi connectivity index (χ3n) is 2.31. The molecule has 0 bridgehead atoms. The van der Waals surface area contributed by atoms with Gasteiger partial charge in [-0.15, -0.1) is 0 Å². The molecule has 4 heteroatoms. The van der Waals surface area contributed by atoms with E-state index in [1.807, 2.05) is 0 Å². The fraction of sp³-hybridized carbons (Fsp3) is 0.500. The van der Waals surface area contributed by atoms with Gasteiger partial charge in [-0.05, 0) is 41.7 Å². The maximum absolute atomic E-state index is 5.72. The van der Waals surface area contributed by atoms with Crippen LogP contribution in [0.25, 0.3) is 0 Å². The first-order valence-corrected chi connectivity index (χ1v) is 5.78. The van der Waals surface area contributed by atoms with Crippen LogP contribution in [0, 0.1) is 6.92 Å². The molecule has 0 aromatic carbocycles. The van der Waals surface area contributed by atoms with Crippen LogP contribution in [-0.4, -0.2) is 12.0 Å². The topological polar surface area (TPSA) is 50.4 Å². The highest BCUT2D eigenvalue weighted by Gasteiger charge is 2.21. The molecule has 1 fully saturated rings. The van der Waals surface area contributed by atoms with Crippen molar-refractivity contribution in [1.29, 1.82) is 0 Å². The number of rotatable bonds is 3. The number of aliphatic imine (C=N–C) groups is 1. The number of nitrogens with zero attached hydrogens (tertiary/aromatic N) is 1. The van der Waals surface area contributed by atoms with Crippen LogP contribution in [0.4, 0.5) is 0 Å². The van der Waals surface area contributed by atoms with E-state index >= 15 is 0 Å². The van der Waals surface area contributed by atoms with Gasteiger partial charge in [0, 0.05) is 6.04 Å². The molecule has 0 radical (unpaired) electrons. The van der Waals surface area contributed by atoms with Gasteiger partial charge < -0.3 is 11.1 Å². The van der Waals surface area contributed by atoms with E-state index in [1.54, 1.807) is 11.3 Å². The molecule has 1 aliphatic carbocycles. The van der Waals surface area contributed by atoms with E-state index in [2.05, 4.69) is 28.0 Å². The normalized spacial score (nSPS) is 17.1. The smallest absolute Gasteiger partial charge is 0.189 e. The van der Waals surface area contributed by atoms with Gasteiger partial charge in [0.15, 0.2) is 5.96 Å². The number of nitrogens with one attached hydrogen (secondary N) is 1. The van der Waals surface area contributed by atoms with Crippen LogP contribution in [-0.2, 0) is 6.54 Å². The Hall–Kier alpha value is -1.03. The summed E-state index contributed by atoms with van der Waals surface area (Å²) in [6, 6.07) is 0.585. The first kappa shape index (κ1) is 9.52. The fourth-order valence-corrected chi connectivity index (χ4v) is 2.05. The van der Waals surface area contributed by atoms with Crippen molar-refractivity contribution >= 4 is 17.3 Å². The lowest BCUT2D eigenvalue weighted by Gasteiger charge is -2.02. The lowest BCUT2D eigenvalue weighted by Crippen LogP contribution is -2.33. The van der Waals surface area contributed by atoms with Crippen LogP contribution in [0.2, 0.25) is 0 Å². The summed E-state index contributed by atoms with van der Waals surface area (Å²) < 4.78 is 0. The molecule has 2 rings (SSSR count). The third kappa shape index (κ3) is 2.48. The number of hydrogen-bond acceptors (Lipinski definition) is 2. The van der Waals surface area contributed by atoms with Crippen LogP contribution >= 0.6 is 11.3 Å². The van der Waals surface area contributed by atoms with Crippen LogP contribution in [0.15, 0.2) is 15.8 Å². The van der Waals surface area contributed by atoms with Crippen LogP contribution < -0.4 is 11.1 Å². The third-order valence-corrected chi connectivity index (χ3v) is 3.22. The molecular formula is C10H15N3S. The van der Waals surface area contributed by atoms with Crippen molar-refractivity contribution < 1.29 is 0 Å². The van der Waals surface area contributed by atoms with Gasteiger partial charge in [-0.25, -0.2) is 4.99 Å². The summed E-state index contributed by atoms with van der Waals surface area (Å²) >= 11 is 1.71. The first-order chi connectivity index (χ1) is 6.75. The van der Waals surface area contributed by atoms with Crippen molar-refractivity contribution in [2.45, 2.75) is 32.4 Å². The average molecular weight is 209 g/mol. The number of aryl methyl sites for hydroxylation is 1. The van der Waals surface area contributed by atoms with Gasteiger partial charge in [-0.1, -0.05) is 0 Å². The fourth-order valence-electron chi connectivity index (χ4n) is 1.20. The van der Waals surface area contributed by atoms with Gasteiger partial charge in [0.05, 0.1) is 6.54 Å². The van der Waals surface area contributed by atoms with E-state index in [4.69, 9.17) is 5.73 Å². The predicted molar refractivity (Wildman–Crippen MR) is 60.5 cm³/mol. The maximum atomic E-state index is 5.72. The van der Waals surface area contributed by atoms with E-state index in [9.17, 15) is 0 Å². The molecule has 0 aliphatic heterocycles. The minimum Gasteiger partial charge on any atom is -0.370 e. The van der Waals surface area contributed by atoms with Gasteiger partial charge in [-0.2, -0.15) is 11.3 Å². The molecule has 0 saturated heterocycles. The molecule has 0 unspecified atom stereocenters. The van der Waals surface area contributed by atoms with Crippen molar-refractivity contribution in [1.82, 2.24) is 5.32 Å². The minimum absolute atomic E-state index is 0.582. The number of thiophene rings is 1. The monoisotopic (exact) mass is 209 g/mol. The molecule has 0 amide bonds. The number of guanidine groups is 1. The second-order valence-corrected chi connectivity index (χ2v) is 4.44. The molecule has 3 nitrogen and oxygen atoms in total. The Kier molecular flexibility index (Phi) is 2.72.